The number of aryl methyl sites for hydroxylation is 1. The summed E-state index contributed by atoms with van der Waals surface area (Å²) < 4.78 is 5.37. The van der Waals surface area contributed by atoms with Crippen molar-refractivity contribution in [3.63, 3.8) is 0 Å². The van der Waals surface area contributed by atoms with Crippen molar-refractivity contribution in [1.82, 2.24) is 10.2 Å². The van der Waals surface area contributed by atoms with Crippen LogP contribution in [0.25, 0.3) is 0 Å². The summed E-state index contributed by atoms with van der Waals surface area (Å²) in [6, 6.07) is 4.56. The molecule has 1 N–H and O–H groups in total. The molecule has 1 aliphatic heterocycles. The summed E-state index contributed by atoms with van der Waals surface area (Å²) in [6.07, 6.45) is 0. The highest BCUT2D eigenvalue weighted by Crippen LogP contribution is 2.29. The van der Waals surface area contributed by atoms with Gasteiger partial charge in [-0.2, -0.15) is 5.26 Å². The third kappa shape index (κ3) is 1.56. The lowest BCUT2D eigenvalue weighted by molar-refractivity contribution is -0.131. The summed E-state index contributed by atoms with van der Waals surface area (Å²) in [5.74, 6) is 0.550. The molecular formula is C11H11N3O3. The van der Waals surface area contributed by atoms with Crippen molar-refractivity contribution in [3.8, 4) is 6.07 Å². The van der Waals surface area contributed by atoms with Gasteiger partial charge in [-0.05, 0) is 26.0 Å². The number of nitrogens with zero attached hydrogens (tertiary/aromatic N) is 2. The average molecular weight is 233 g/mol. The zero-order valence-corrected chi connectivity index (χ0v) is 9.48. The third-order valence-corrected chi connectivity index (χ3v) is 2.74. The number of amides is 3. The van der Waals surface area contributed by atoms with Gasteiger partial charge < -0.3 is 9.73 Å². The van der Waals surface area contributed by atoms with Crippen LogP contribution in [0.15, 0.2) is 16.5 Å². The Balaban J connectivity index is 2.38. The topological polar surface area (TPSA) is 86.3 Å². The second-order valence-corrected chi connectivity index (χ2v) is 4.01. The predicted molar refractivity (Wildman–Crippen MR) is 56.7 cm³/mol. The van der Waals surface area contributed by atoms with Crippen LogP contribution < -0.4 is 5.32 Å². The van der Waals surface area contributed by atoms with Gasteiger partial charge in [0.05, 0.1) is 6.07 Å². The second-order valence-electron chi connectivity index (χ2n) is 4.01. The van der Waals surface area contributed by atoms with Gasteiger partial charge in [-0.1, -0.05) is 0 Å². The third-order valence-electron chi connectivity index (χ3n) is 2.74. The second kappa shape index (κ2) is 3.63. The Labute approximate surface area is 97.8 Å². The molecule has 1 saturated heterocycles. The number of hydrogen-bond donors (Lipinski definition) is 1. The maximum Gasteiger partial charge on any atom is 0.326 e. The minimum absolute atomic E-state index is 0.264. The van der Waals surface area contributed by atoms with Gasteiger partial charge in [-0.15, -0.1) is 0 Å². The molecule has 0 aliphatic carbocycles. The number of carbonyl (C=O) groups is 2. The summed E-state index contributed by atoms with van der Waals surface area (Å²) in [4.78, 5) is 24.5. The van der Waals surface area contributed by atoms with Crippen LogP contribution in [0.5, 0.6) is 0 Å². The molecule has 6 heteroatoms. The molecule has 17 heavy (non-hydrogen) atoms. The molecule has 1 atom stereocenters. The number of urea groups is 1. The standard InChI is InChI=1S/C11H11N3O3/c1-7-3-4-8(17-7)11(2)9(15)14(6-5-12)10(16)13-11/h3-4H,6H2,1-2H3,(H,13,16). The number of carbonyl (C=O) groups excluding carboxylic acids is 2. The highest BCUT2D eigenvalue weighted by atomic mass is 16.3. The van der Waals surface area contributed by atoms with Gasteiger partial charge in [0, 0.05) is 0 Å². The summed E-state index contributed by atoms with van der Waals surface area (Å²) >= 11 is 0. The molecule has 2 heterocycles. The zero-order valence-electron chi connectivity index (χ0n) is 9.48. The summed E-state index contributed by atoms with van der Waals surface area (Å²) in [5.41, 5.74) is -1.22. The Hall–Kier alpha value is -2.29. The van der Waals surface area contributed by atoms with Gasteiger partial charge in [0.15, 0.2) is 5.54 Å². The van der Waals surface area contributed by atoms with Crippen LogP contribution in [0.1, 0.15) is 18.4 Å². The first-order chi connectivity index (χ1) is 7.99. The van der Waals surface area contributed by atoms with E-state index in [9.17, 15) is 9.59 Å². The first-order valence-electron chi connectivity index (χ1n) is 5.07. The largest absolute Gasteiger partial charge is 0.463 e. The molecular weight excluding hydrogens is 222 g/mol. The average Bonchev–Trinajstić information content (AvgIpc) is 2.78. The molecule has 0 spiro atoms. The van der Waals surface area contributed by atoms with Crippen molar-refractivity contribution >= 4 is 11.9 Å². The molecule has 1 aromatic heterocycles. The molecule has 0 aromatic carbocycles. The van der Waals surface area contributed by atoms with Crippen LogP contribution in [-0.2, 0) is 10.3 Å². The highest BCUT2D eigenvalue weighted by molar-refractivity contribution is 6.07. The zero-order chi connectivity index (χ0) is 12.6. The van der Waals surface area contributed by atoms with E-state index in [0.29, 0.717) is 11.5 Å². The SMILES string of the molecule is Cc1ccc(C2(C)NC(=O)N(CC#N)C2=O)o1. The van der Waals surface area contributed by atoms with E-state index in [1.165, 1.54) is 0 Å². The Morgan fingerprint density at radius 1 is 1.53 bits per heavy atom. The molecule has 0 bridgehead atoms. The van der Waals surface area contributed by atoms with Crippen LogP contribution in [0, 0.1) is 18.3 Å². The molecule has 1 fully saturated rings. The van der Waals surface area contributed by atoms with Crippen LogP contribution in [-0.4, -0.2) is 23.4 Å². The number of nitriles is 1. The van der Waals surface area contributed by atoms with Crippen molar-refractivity contribution in [2.24, 2.45) is 0 Å². The van der Waals surface area contributed by atoms with E-state index in [-0.39, 0.29) is 6.54 Å². The van der Waals surface area contributed by atoms with Gasteiger partial charge in [0.1, 0.15) is 18.1 Å². The summed E-state index contributed by atoms with van der Waals surface area (Å²) in [7, 11) is 0. The van der Waals surface area contributed by atoms with Gasteiger partial charge >= 0.3 is 6.03 Å². The van der Waals surface area contributed by atoms with Gasteiger partial charge in [0.25, 0.3) is 5.91 Å². The molecule has 0 saturated carbocycles. The lowest BCUT2D eigenvalue weighted by Gasteiger charge is -2.18. The van der Waals surface area contributed by atoms with Gasteiger partial charge in [-0.3, -0.25) is 4.79 Å². The number of imide groups is 1. The van der Waals surface area contributed by atoms with Crippen molar-refractivity contribution in [1.29, 1.82) is 5.26 Å². The van der Waals surface area contributed by atoms with Gasteiger partial charge in [0.2, 0.25) is 0 Å². The van der Waals surface area contributed by atoms with Crippen LogP contribution in [0.2, 0.25) is 0 Å². The number of furan rings is 1. The van der Waals surface area contributed by atoms with E-state index < -0.39 is 17.5 Å². The normalized spacial score (nSPS) is 23.7. The molecule has 1 aromatic rings. The van der Waals surface area contributed by atoms with Gasteiger partial charge in [-0.25, -0.2) is 9.69 Å². The molecule has 3 amide bonds. The molecule has 88 valence electrons. The van der Waals surface area contributed by atoms with E-state index >= 15 is 0 Å². The minimum Gasteiger partial charge on any atom is -0.463 e. The summed E-state index contributed by atoms with van der Waals surface area (Å²) in [6.45, 7) is 3.05. The van der Waals surface area contributed by atoms with Crippen molar-refractivity contribution < 1.29 is 14.0 Å². The van der Waals surface area contributed by atoms with E-state index in [1.54, 1.807) is 32.0 Å². The van der Waals surface area contributed by atoms with E-state index in [4.69, 9.17) is 9.68 Å². The molecule has 0 radical (unpaired) electrons. The van der Waals surface area contributed by atoms with Crippen LogP contribution in [0.4, 0.5) is 4.79 Å². The monoisotopic (exact) mass is 233 g/mol. The molecule has 2 rings (SSSR count). The minimum atomic E-state index is -1.22. The Bertz CT molecular complexity index is 528. The van der Waals surface area contributed by atoms with Crippen molar-refractivity contribution in [2.75, 3.05) is 6.54 Å². The lowest BCUT2D eigenvalue weighted by atomic mass is 9.99. The van der Waals surface area contributed by atoms with Crippen molar-refractivity contribution in [3.05, 3.63) is 23.7 Å². The molecule has 1 aliphatic rings. The first-order valence-corrected chi connectivity index (χ1v) is 5.07. The smallest absolute Gasteiger partial charge is 0.326 e. The van der Waals surface area contributed by atoms with Crippen molar-refractivity contribution in [2.45, 2.75) is 19.4 Å². The Kier molecular flexibility index (Phi) is 2.39. The fraction of sp³-hybridized carbons (Fsp3) is 0.364. The molecule has 1 unspecified atom stereocenters. The quantitative estimate of drug-likeness (QED) is 0.606. The lowest BCUT2D eigenvalue weighted by Crippen LogP contribution is -2.40. The number of rotatable bonds is 2. The van der Waals surface area contributed by atoms with E-state index in [2.05, 4.69) is 5.32 Å². The Morgan fingerprint density at radius 3 is 2.76 bits per heavy atom. The predicted octanol–water partition coefficient (Wildman–Crippen LogP) is 0.879. The van der Waals surface area contributed by atoms with E-state index in [1.807, 2.05) is 0 Å². The Morgan fingerprint density at radius 2 is 2.24 bits per heavy atom. The maximum absolute atomic E-state index is 12.1. The van der Waals surface area contributed by atoms with Crippen LogP contribution in [0.3, 0.4) is 0 Å². The van der Waals surface area contributed by atoms with Crippen LogP contribution >= 0.6 is 0 Å². The highest BCUT2D eigenvalue weighted by Gasteiger charge is 2.50. The first kappa shape index (κ1) is 11.2. The molecule has 6 nitrogen and oxygen atoms in total. The summed E-state index contributed by atoms with van der Waals surface area (Å²) in [5, 5.41) is 11.1. The maximum atomic E-state index is 12.1. The fourth-order valence-electron chi connectivity index (χ4n) is 1.78. The number of nitrogens with one attached hydrogen (secondary N) is 1. The number of hydrogen-bond acceptors (Lipinski definition) is 4. The fourth-order valence-corrected chi connectivity index (χ4v) is 1.78. The van der Waals surface area contributed by atoms with E-state index in [0.717, 1.165) is 4.90 Å².